The minimum absolute atomic E-state index is 0.0319. The highest BCUT2D eigenvalue weighted by atomic mass is 32.2. The zero-order valence-electron chi connectivity index (χ0n) is 21.8. The average molecular weight is 558 g/mol. The van der Waals surface area contributed by atoms with E-state index in [1.54, 1.807) is 17.6 Å². The van der Waals surface area contributed by atoms with E-state index in [1.165, 1.54) is 48.5 Å². The molecule has 0 fully saturated rings. The third-order valence-electron chi connectivity index (χ3n) is 6.71. The molecule has 3 aromatic rings. The number of hydrogen-bond acceptors (Lipinski definition) is 7. The molecule has 1 unspecified atom stereocenters. The first-order valence-electron chi connectivity index (χ1n) is 12.7. The molecule has 3 aromatic carbocycles. The van der Waals surface area contributed by atoms with Gasteiger partial charge in [0.2, 0.25) is 10.0 Å². The Bertz CT molecular complexity index is 1380. The number of carbonyl (C=O) groups is 1. The number of nitrogens with one attached hydrogen (secondary N) is 1. The highest BCUT2D eigenvalue weighted by Gasteiger charge is 2.40. The molecule has 0 aliphatic carbocycles. The number of likely N-dealkylation sites (N-methyl/N-ethyl adjacent to an activating group) is 1. The molecular formula is C28H32FN3O6S. The van der Waals surface area contributed by atoms with Crippen molar-refractivity contribution in [2.24, 2.45) is 0 Å². The maximum atomic E-state index is 13.6. The summed E-state index contributed by atoms with van der Waals surface area (Å²) in [4.78, 5) is 14.9. The summed E-state index contributed by atoms with van der Waals surface area (Å²) in [6.07, 6.45) is 0.364. The van der Waals surface area contributed by atoms with Crippen molar-refractivity contribution < 1.29 is 32.3 Å². The molecule has 0 aromatic heterocycles. The number of benzene rings is 3. The minimum atomic E-state index is -4.12. The van der Waals surface area contributed by atoms with Gasteiger partial charge in [0.1, 0.15) is 35.7 Å². The minimum Gasteiger partial charge on any atom is -0.492 e. The Morgan fingerprint density at radius 1 is 1.03 bits per heavy atom. The van der Waals surface area contributed by atoms with Crippen LogP contribution >= 0.6 is 0 Å². The highest BCUT2D eigenvalue weighted by molar-refractivity contribution is 7.89. The lowest BCUT2D eigenvalue weighted by molar-refractivity contribution is -0.133. The van der Waals surface area contributed by atoms with Gasteiger partial charge in [0, 0.05) is 13.1 Å². The van der Waals surface area contributed by atoms with Gasteiger partial charge in [-0.2, -0.15) is 4.31 Å². The maximum Gasteiger partial charge on any atom is 0.266 e. The summed E-state index contributed by atoms with van der Waals surface area (Å²) in [5.41, 5.74) is 2.87. The van der Waals surface area contributed by atoms with Crippen molar-refractivity contribution >= 4 is 15.9 Å². The van der Waals surface area contributed by atoms with Crippen LogP contribution in [0.4, 0.5) is 4.39 Å². The molecule has 1 amide bonds. The van der Waals surface area contributed by atoms with Crippen LogP contribution in [0.25, 0.3) is 0 Å². The summed E-state index contributed by atoms with van der Waals surface area (Å²) in [7, 11) is -4.12. The van der Waals surface area contributed by atoms with E-state index >= 15 is 0 Å². The fourth-order valence-electron chi connectivity index (χ4n) is 4.55. The highest BCUT2D eigenvalue weighted by Crippen LogP contribution is 2.36. The molecule has 1 aliphatic heterocycles. The molecule has 4 rings (SSSR count). The van der Waals surface area contributed by atoms with E-state index in [0.717, 1.165) is 29.5 Å². The van der Waals surface area contributed by atoms with Crippen LogP contribution in [0.15, 0.2) is 71.6 Å². The van der Waals surface area contributed by atoms with E-state index in [2.05, 4.69) is 18.7 Å². The number of sulfonamides is 1. The van der Waals surface area contributed by atoms with Crippen molar-refractivity contribution in [1.29, 1.82) is 0 Å². The molecule has 0 saturated carbocycles. The van der Waals surface area contributed by atoms with Crippen LogP contribution in [-0.2, 0) is 21.2 Å². The number of ether oxygens (including phenoxy) is 2. The first-order valence-corrected chi connectivity index (χ1v) is 14.2. The molecule has 208 valence electrons. The number of carbonyl (C=O) groups excluding carboxylic acids is 1. The normalized spacial score (nSPS) is 15.6. The number of halogens is 1. The molecule has 9 nitrogen and oxygen atoms in total. The van der Waals surface area contributed by atoms with Crippen molar-refractivity contribution in [2.45, 2.75) is 31.2 Å². The fraction of sp³-hybridized carbons (Fsp3) is 0.321. The number of amides is 1. The average Bonchev–Trinajstić information content (AvgIpc) is 2.95. The monoisotopic (exact) mass is 557 g/mol. The van der Waals surface area contributed by atoms with Gasteiger partial charge in [-0.3, -0.25) is 10.0 Å². The summed E-state index contributed by atoms with van der Waals surface area (Å²) in [5.74, 6) is 0.147. The van der Waals surface area contributed by atoms with Crippen LogP contribution < -0.4 is 15.0 Å². The molecule has 1 atom stereocenters. The van der Waals surface area contributed by atoms with Gasteiger partial charge in [-0.25, -0.2) is 18.3 Å². The summed E-state index contributed by atoms with van der Waals surface area (Å²) in [6, 6.07) is 15.1. The Balaban J connectivity index is 1.53. The predicted molar refractivity (Wildman–Crippen MR) is 143 cm³/mol. The third kappa shape index (κ3) is 6.56. The van der Waals surface area contributed by atoms with Gasteiger partial charge in [-0.15, -0.1) is 0 Å². The van der Waals surface area contributed by atoms with Crippen molar-refractivity contribution in [2.75, 3.05) is 32.8 Å². The molecule has 1 aliphatic rings. The predicted octanol–water partition coefficient (Wildman–Crippen LogP) is 4.13. The van der Waals surface area contributed by atoms with Crippen LogP contribution in [0, 0.1) is 5.82 Å². The standard InChI is InChI=1S/C28H32FN3O6S/c1-3-31(4-2)17-18-37-24-11-14-26-20(19-24)15-16-32(27(26)28(33)30-34)39(35,36)25-12-9-23(10-13-25)38-22-7-5-21(29)6-8-22/h5-14,19,27,34H,3-4,15-18H2,1-2H3,(H,30,33). The maximum absolute atomic E-state index is 13.6. The van der Waals surface area contributed by atoms with Crippen LogP contribution in [-0.4, -0.2) is 61.5 Å². The van der Waals surface area contributed by atoms with Crippen molar-refractivity contribution in [3.05, 3.63) is 83.7 Å². The van der Waals surface area contributed by atoms with Crippen LogP contribution in [0.5, 0.6) is 17.2 Å². The molecule has 1 heterocycles. The Morgan fingerprint density at radius 2 is 1.64 bits per heavy atom. The van der Waals surface area contributed by atoms with Gasteiger partial charge in [0.05, 0.1) is 4.90 Å². The quantitative estimate of drug-likeness (QED) is 0.270. The number of nitrogens with zero attached hydrogens (tertiary/aromatic N) is 2. The lowest BCUT2D eigenvalue weighted by Gasteiger charge is -2.35. The van der Waals surface area contributed by atoms with Crippen molar-refractivity contribution in [3.63, 3.8) is 0 Å². The number of hydrogen-bond donors (Lipinski definition) is 2. The van der Waals surface area contributed by atoms with Crippen LogP contribution in [0.1, 0.15) is 31.0 Å². The SMILES string of the molecule is CCN(CC)CCOc1ccc2c(c1)CCN(S(=O)(=O)c1ccc(Oc3ccc(F)cc3)cc1)C2C(=O)NO. The Kier molecular flexibility index (Phi) is 9.18. The van der Waals surface area contributed by atoms with Crippen molar-refractivity contribution in [1.82, 2.24) is 14.7 Å². The lowest BCUT2D eigenvalue weighted by Crippen LogP contribution is -2.46. The second-order valence-electron chi connectivity index (χ2n) is 9.01. The van der Waals surface area contributed by atoms with Gasteiger partial charge >= 0.3 is 0 Å². The molecular weight excluding hydrogens is 525 g/mol. The van der Waals surface area contributed by atoms with Crippen molar-refractivity contribution in [3.8, 4) is 17.2 Å². The van der Waals surface area contributed by atoms with E-state index < -0.39 is 27.8 Å². The second-order valence-corrected chi connectivity index (χ2v) is 10.9. The van der Waals surface area contributed by atoms with Crippen LogP contribution in [0.2, 0.25) is 0 Å². The first kappa shape index (κ1) is 28.5. The summed E-state index contributed by atoms with van der Waals surface area (Å²) in [5, 5.41) is 9.44. The Hall–Kier alpha value is -3.51. The molecule has 11 heteroatoms. The second kappa shape index (κ2) is 12.6. The largest absolute Gasteiger partial charge is 0.492 e. The summed E-state index contributed by atoms with van der Waals surface area (Å²) in [6.45, 7) is 7.34. The van der Waals surface area contributed by atoms with E-state index in [-0.39, 0.29) is 11.4 Å². The zero-order chi connectivity index (χ0) is 28.0. The lowest BCUT2D eigenvalue weighted by atomic mass is 9.93. The smallest absolute Gasteiger partial charge is 0.266 e. The third-order valence-corrected chi connectivity index (χ3v) is 8.59. The van der Waals surface area contributed by atoms with Gasteiger partial charge < -0.3 is 14.4 Å². The fourth-order valence-corrected chi connectivity index (χ4v) is 6.12. The Labute approximate surface area is 227 Å². The number of rotatable bonds is 11. The Morgan fingerprint density at radius 3 is 2.26 bits per heavy atom. The molecule has 0 radical (unpaired) electrons. The summed E-state index contributed by atoms with van der Waals surface area (Å²) < 4.78 is 53.0. The van der Waals surface area contributed by atoms with Gasteiger partial charge in [-0.05, 0) is 91.3 Å². The number of fused-ring (bicyclic) bond motifs is 1. The van der Waals surface area contributed by atoms with Crippen LogP contribution in [0.3, 0.4) is 0 Å². The van der Waals surface area contributed by atoms with E-state index in [1.807, 2.05) is 6.07 Å². The van der Waals surface area contributed by atoms with Gasteiger partial charge in [0.25, 0.3) is 5.91 Å². The zero-order valence-corrected chi connectivity index (χ0v) is 22.7. The molecule has 0 saturated heterocycles. The van der Waals surface area contributed by atoms with Gasteiger partial charge in [0.15, 0.2) is 0 Å². The molecule has 0 spiro atoms. The summed E-state index contributed by atoms with van der Waals surface area (Å²) >= 11 is 0. The molecule has 39 heavy (non-hydrogen) atoms. The molecule has 2 N–H and O–H groups in total. The van der Waals surface area contributed by atoms with E-state index in [9.17, 15) is 22.8 Å². The van der Waals surface area contributed by atoms with Gasteiger partial charge in [-0.1, -0.05) is 19.9 Å². The topological polar surface area (TPSA) is 108 Å². The van der Waals surface area contributed by atoms with E-state index in [4.69, 9.17) is 9.47 Å². The number of hydroxylamine groups is 1. The van der Waals surface area contributed by atoms with E-state index in [0.29, 0.717) is 35.8 Å². The molecule has 0 bridgehead atoms. The first-order chi connectivity index (χ1) is 18.8.